The number of hydrogen-bond acceptors (Lipinski definition) is 5. The molecule has 1 aromatic carbocycles. The Morgan fingerprint density at radius 2 is 2.00 bits per heavy atom. The normalized spacial score (nSPS) is 10.7. The van der Waals surface area contributed by atoms with E-state index >= 15 is 0 Å². The average Bonchev–Trinajstić information content (AvgIpc) is 2.71. The second kappa shape index (κ2) is 5.27. The first kappa shape index (κ1) is 13.4. The highest BCUT2D eigenvalue weighted by atomic mass is 32.1. The van der Waals surface area contributed by atoms with Gasteiger partial charge in [-0.05, 0) is 49.6 Å². The summed E-state index contributed by atoms with van der Waals surface area (Å²) in [6, 6.07) is 7.26. The Bertz CT molecular complexity index is 590. The number of aromatic carboxylic acids is 1. The highest BCUT2D eigenvalue weighted by Gasteiger charge is 2.17. The van der Waals surface area contributed by atoms with Crippen LogP contribution in [-0.2, 0) is 0 Å². The molecular formula is C13H14N2O3S. The van der Waals surface area contributed by atoms with Crippen molar-refractivity contribution in [2.75, 3.05) is 5.73 Å². The van der Waals surface area contributed by atoms with Crippen molar-refractivity contribution in [1.82, 2.24) is 4.37 Å². The Morgan fingerprint density at radius 1 is 1.37 bits per heavy atom. The number of nitrogens with two attached hydrogens (primary N) is 1. The number of nitrogens with zero attached hydrogens (tertiary/aromatic N) is 1. The predicted octanol–water partition coefficient (Wildman–Crippen LogP) is 2.88. The van der Waals surface area contributed by atoms with Crippen LogP contribution >= 0.6 is 11.5 Å². The average molecular weight is 278 g/mol. The van der Waals surface area contributed by atoms with Crippen LogP contribution in [0.25, 0.3) is 11.3 Å². The molecule has 0 aliphatic rings. The predicted molar refractivity (Wildman–Crippen MR) is 74.7 cm³/mol. The zero-order valence-corrected chi connectivity index (χ0v) is 11.4. The van der Waals surface area contributed by atoms with Gasteiger partial charge in [-0.1, -0.05) is 0 Å². The standard InChI is InChI=1S/C13H14N2O3S/c1-7(2)18-9-5-3-8(4-6-9)11-10(14)12(13(16)17)19-15-11/h3-7H,14H2,1-2H3,(H,16,17). The zero-order valence-electron chi connectivity index (χ0n) is 10.6. The van der Waals surface area contributed by atoms with Crippen LogP contribution in [0.1, 0.15) is 23.5 Å². The molecule has 2 aromatic rings. The number of aromatic nitrogens is 1. The monoisotopic (exact) mass is 278 g/mol. The van der Waals surface area contributed by atoms with Gasteiger partial charge in [0, 0.05) is 5.56 Å². The lowest BCUT2D eigenvalue weighted by atomic mass is 10.1. The molecule has 0 atom stereocenters. The van der Waals surface area contributed by atoms with E-state index in [1.165, 1.54) is 0 Å². The first-order valence-electron chi connectivity index (χ1n) is 5.74. The fourth-order valence-corrected chi connectivity index (χ4v) is 2.28. The van der Waals surface area contributed by atoms with Gasteiger partial charge in [0.15, 0.2) is 4.88 Å². The van der Waals surface area contributed by atoms with Gasteiger partial charge in [-0.25, -0.2) is 4.79 Å². The number of hydrogen-bond donors (Lipinski definition) is 2. The minimum atomic E-state index is -1.05. The van der Waals surface area contributed by atoms with Gasteiger partial charge in [-0.3, -0.25) is 0 Å². The largest absolute Gasteiger partial charge is 0.491 e. The minimum absolute atomic E-state index is 0.0671. The van der Waals surface area contributed by atoms with Crippen molar-refractivity contribution < 1.29 is 14.6 Å². The number of anilines is 1. The number of carbonyl (C=O) groups is 1. The number of ether oxygens (including phenoxy) is 1. The Labute approximate surface area is 114 Å². The molecular weight excluding hydrogens is 264 g/mol. The summed E-state index contributed by atoms with van der Waals surface area (Å²) in [6.07, 6.45) is 0.105. The van der Waals surface area contributed by atoms with E-state index < -0.39 is 5.97 Å². The van der Waals surface area contributed by atoms with Crippen LogP contribution < -0.4 is 10.5 Å². The third kappa shape index (κ3) is 2.85. The van der Waals surface area contributed by atoms with E-state index in [1.54, 1.807) is 0 Å². The number of benzene rings is 1. The molecule has 0 spiro atoms. The second-order valence-electron chi connectivity index (χ2n) is 4.27. The molecule has 1 aromatic heterocycles. The van der Waals surface area contributed by atoms with Gasteiger partial charge < -0.3 is 15.6 Å². The Balaban J connectivity index is 2.30. The molecule has 5 nitrogen and oxygen atoms in total. The van der Waals surface area contributed by atoms with Crippen molar-refractivity contribution >= 4 is 23.2 Å². The molecule has 0 fully saturated rings. The molecule has 3 N–H and O–H groups in total. The van der Waals surface area contributed by atoms with E-state index in [2.05, 4.69) is 4.37 Å². The second-order valence-corrected chi connectivity index (χ2v) is 5.04. The number of carboxylic acids is 1. The molecule has 19 heavy (non-hydrogen) atoms. The van der Waals surface area contributed by atoms with Crippen LogP contribution in [0.2, 0.25) is 0 Å². The van der Waals surface area contributed by atoms with Crippen LogP contribution in [0.15, 0.2) is 24.3 Å². The van der Waals surface area contributed by atoms with Gasteiger partial charge >= 0.3 is 5.97 Å². The van der Waals surface area contributed by atoms with E-state index in [0.29, 0.717) is 5.69 Å². The van der Waals surface area contributed by atoms with Crippen LogP contribution in [-0.4, -0.2) is 21.6 Å². The van der Waals surface area contributed by atoms with E-state index in [0.717, 1.165) is 22.8 Å². The summed E-state index contributed by atoms with van der Waals surface area (Å²) in [5.41, 5.74) is 7.27. The lowest BCUT2D eigenvalue weighted by molar-refractivity contribution is 0.0703. The molecule has 0 aliphatic heterocycles. The molecule has 0 saturated carbocycles. The Hall–Kier alpha value is -2.08. The maximum Gasteiger partial charge on any atom is 0.349 e. The van der Waals surface area contributed by atoms with Gasteiger partial charge in [-0.15, -0.1) is 0 Å². The summed E-state index contributed by atoms with van der Waals surface area (Å²) in [5, 5.41) is 8.94. The topological polar surface area (TPSA) is 85.4 Å². The summed E-state index contributed by atoms with van der Waals surface area (Å²) in [4.78, 5) is 11.0. The molecule has 0 radical (unpaired) electrons. The maximum absolute atomic E-state index is 10.9. The van der Waals surface area contributed by atoms with Gasteiger partial charge in [0.05, 0.1) is 11.8 Å². The van der Waals surface area contributed by atoms with Crippen molar-refractivity contribution in [2.24, 2.45) is 0 Å². The molecule has 0 bridgehead atoms. The van der Waals surface area contributed by atoms with E-state index in [-0.39, 0.29) is 16.7 Å². The van der Waals surface area contributed by atoms with Gasteiger partial charge in [0.25, 0.3) is 0 Å². The highest BCUT2D eigenvalue weighted by Crippen LogP contribution is 2.31. The van der Waals surface area contributed by atoms with Crippen LogP contribution in [0.4, 0.5) is 5.69 Å². The van der Waals surface area contributed by atoms with Gasteiger partial charge in [0.2, 0.25) is 0 Å². The van der Waals surface area contributed by atoms with E-state index in [9.17, 15) is 4.79 Å². The van der Waals surface area contributed by atoms with Crippen molar-refractivity contribution in [3.63, 3.8) is 0 Å². The van der Waals surface area contributed by atoms with Gasteiger partial charge in [0.1, 0.15) is 11.4 Å². The molecule has 6 heteroatoms. The minimum Gasteiger partial charge on any atom is -0.491 e. The van der Waals surface area contributed by atoms with Crippen molar-refractivity contribution in [3.05, 3.63) is 29.1 Å². The summed E-state index contributed by atoms with van der Waals surface area (Å²) < 4.78 is 9.63. The zero-order chi connectivity index (χ0) is 14.0. The number of carboxylic acid groups (broad SMARTS) is 1. The smallest absolute Gasteiger partial charge is 0.349 e. The fourth-order valence-electron chi connectivity index (χ4n) is 1.62. The molecule has 0 amide bonds. The first-order valence-corrected chi connectivity index (χ1v) is 6.52. The van der Waals surface area contributed by atoms with Crippen molar-refractivity contribution in [2.45, 2.75) is 20.0 Å². The summed E-state index contributed by atoms with van der Waals surface area (Å²) in [6.45, 7) is 3.90. The SMILES string of the molecule is CC(C)Oc1ccc(-c2nsc(C(=O)O)c2N)cc1. The first-order chi connectivity index (χ1) is 8.99. The lowest BCUT2D eigenvalue weighted by Crippen LogP contribution is -2.05. The summed E-state index contributed by atoms with van der Waals surface area (Å²) in [7, 11) is 0. The van der Waals surface area contributed by atoms with E-state index in [4.69, 9.17) is 15.6 Å². The van der Waals surface area contributed by atoms with Crippen LogP contribution in [0, 0.1) is 0 Å². The third-order valence-electron chi connectivity index (χ3n) is 2.42. The molecule has 0 unspecified atom stereocenters. The van der Waals surface area contributed by atoms with E-state index in [1.807, 2.05) is 38.1 Å². The van der Waals surface area contributed by atoms with Gasteiger partial charge in [-0.2, -0.15) is 4.37 Å². The number of rotatable bonds is 4. The van der Waals surface area contributed by atoms with Crippen molar-refractivity contribution in [1.29, 1.82) is 0 Å². The van der Waals surface area contributed by atoms with Crippen LogP contribution in [0.3, 0.4) is 0 Å². The van der Waals surface area contributed by atoms with Crippen molar-refractivity contribution in [3.8, 4) is 17.0 Å². The number of nitrogen functional groups attached to an aromatic ring is 1. The maximum atomic E-state index is 10.9. The highest BCUT2D eigenvalue weighted by molar-refractivity contribution is 7.09. The molecule has 1 heterocycles. The summed E-state index contributed by atoms with van der Waals surface area (Å²) >= 11 is 0.888. The summed E-state index contributed by atoms with van der Waals surface area (Å²) in [5.74, 6) is -0.299. The Kier molecular flexibility index (Phi) is 3.71. The molecule has 2 rings (SSSR count). The lowest BCUT2D eigenvalue weighted by Gasteiger charge is -2.09. The third-order valence-corrected chi connectivity index (χ3v) is 3.27. The molecule has 0 aliphatic carbocycles. The molecule has 100 valence electrons. The molecule has 0 saturated heterocycles. The van der Waals surface area contributed by atoms with Crippen LogP contribution in [0.5, 0.6) is 5.75 Å². The fraction of sp³-hybridized carbons (Fsp3) is 0.231. The Morgan fingerprint density at radius 3 is 2.47 bits per heavy atom. The quantitative estimate of drug-likeness (QED) is 0.898.